The highest BCUT2D eigenvalue weighted by atomic mass is 16.2. The zero-order valence-corrected chi connectivity index (χ0v) is 12.6. The molecule has 1 aromatic carbocycles. The maximum Gasteiger partial charge on any atom is 0.225 e. The van der Waals surface area contributed by atoms with Crippen LogP contribution < -0.4 is 10.6 Å². The molecule has 2 heterocycles. The number of carbonyl (C=O) groups excluding carboxylic acids is 1. The molecular weight excluding hydrogens is 276 g/mol. The van der Waals surface area contributed by atoms with Gasteiger partial charge in [-0.3, -0.25) is 10.1 Å². The van der Waals surface area contributed by atoms with Crippen LogP contribution in [0.1, 0.15) is 37.9 Å². The summed E-state index contributed by atoms with van der Waals surface area (Å²) in [6, 6.07) is 8.43. The lowest BCUT2D eigenvalue weighted by atomic mass is 9.82. The summed E-state index contributed by atoms with van der Waals surface area (Å²) in [6.07, 6.45) is 6.34. The Labute approximate surface area is 129 Å². The molecule has 2 fully saturated rings. The van der Waals surface area contributed by atoms with Crippen molar-refractivity contribution in [2.45, 2.75) is 50.7 Å². The van der Waals surface area contributed by atoms with Crippen LogP contribution in [0.3, 0.4) is 0 Å². The Morgan fingerprint density at radius 1 is 1.18 bits per heavy atom. The predicted octanol–water partition coefficient (Wildman–Crippen LogP) is 2.10. The molecule has 1 aliphatic carbocycles. The minimum Gasteiger partial charge on any atom is -0.342 e. The van der Waals surface area contributed by atoms with Crippen molar-refractivity contribution < 1.29 is 4.79 Å². The van der Waals surface area contributed by atoms with Gasteiger partial charge in [0.2, 0.25) is 5.91 Å². The molecule has 3 N–H and O–H groups in total. The van der Waals surface area contributed by atoms with E-state index in [1.165, 1.54) is 12.8 Å². The SMILES string of the molecule is O=C1NC(CCc2nc3ccccc3[nH]2)NC2CCCCC12. The smallest absolute Gasteiger partial charge is 0.225 e. The van der Waals surface area contributed by atoms with Crippen molar-refractivity contribution in [1.82, 2.24) is 20.6 Å². The van der Waals surface area contributed by atoms with Crippen molar-refractivity contribution in [3.8, 4) is 0 Å². The first kappa shape index (κ1) is 13.8. The Morgan fingerprint density at radius 3 is 2.95 bits per heavy atom. The molecule has 5 nitrogen and oxygen atoms in total. The molecule has 1 saturated carbocycles. The lowest BCUT2D eigenvalue weighted by Gasteiger charge is -2.40. The first-order valence-electron chi connectivity index (χ1n) is 8.30. The van der Waals surface area contributed by atoms with Crippen LogP contribution in [0.4, 0.5) is 0 Å². The second-order valence-electron chi connectivity index (χ2n) is 6.46. The van der Waals surface area contributed by atoms with Crippen LogP contribution in [0.25, 0.3) is 11.0 Å². The third-order valence-corrected chi connectivity index (χ3v) is 4.94. The van der Waals surface area contributed by atoms with Gasteiger partial charge in [0.25, 0.3) is 0 Å². The monoisotopic (exact) mass is 298 g/mol. The van der Waals surface area contributed by atoms with E-state index in [1.807, 2.05) is 24.3 Å². The van der Waals surface area contributed by atoms with Gasteiger partial charge in [-0.15, -0.1) is 0 Å². The van der Waals surface area contributed by atoms with Gasteiger partial charge in [0.15, 0.2) is 0 Å². The van der Waals surface area contributed by atoms with Gasteiger partial charge in [0.1, 0.15) is 5.82 Å². The predicted molar refractivity (Wildman–Crippen MR) is 85.2 cm³/mol. The molecule has 1 aromatic heterocycles. The van der Waals surface area contributed by atoms with Crippen molar-refractivity contribution in [3.63, 3.8) is 0 Å². The number of nitrogens with zero attached hydrogens (tertiary/aromatic N) is 1. The van der Waals surface area contributed by atoms with Crippen LogP contribution >= 0.6 is 0 Å². The van der Waals surface area contributed by atoms with E-state index in [1.54, 1.807) is 0 Å². The molecule has 22 heavy (non-hydrogen) atoms. The zero-order valence-electron chi connectivity index (χ0n) is 12.6. The number of nitrogens with one attached hydrogen (secondary N) is 3. The summed E-state index contributed by atoms with van der Waals surface area (Å²) >= 11 is 0. The zero-order chi connectivity index (χ0) is 14.9. The third kappa shape index (κ3) is 2.61. The molecule has 2 aliphatic rings. The van der Waals surface area contributed by atoms with Gasteiger partial charge in [0.05, 0.1) is 23.1 Å². The molecule has 1 saturated heterocycles. The Bertz CT molecular complexity index is 647. The van der Waals surface area contributed by atoms with Gasteiger partial charge >= 0.3 is 0 Å². The van der Waals surface area contributed by atoms with Crippen molar-refractivity contribution in [3.05, 3.63) is 30.1 Å². The van der Waals surface area contributed by atoms with Gasteiger partial charge in [-0.2, -0.15) is 0 Å². The Hall–Kier alpha value is -1.88. The number of H-pyrrole nitrogens is 1. The third-order valence-electron chi connectivity index (χ3n) is 4.94. The van der Waals surface area contributed by atoms with E-state index in [4.69, 9.17) is 0 Å². The van der Waals surface area contributed by atoms with Crippen molar-refractivity contribution in [1.29, 1.82) is 0 Å². The maximum atomic E-state index is 12.2. The van der Waals surface area contributed by atoms with Crippen LogP contribution in [-0.4, -0.2) is 28.1 Å². The maximum absolute atomic E-state index is 12.2. The molecule has 0 spiro atoms. The summed E-state index contributed by atoms with van der Waals surface area (Å²) in [6.45, 7) is 0. The van der Waals surface area contributed by atoms with Crippen molar-refractivity contribution in [2.75, 3.05) is 0 Å². The fourth-order valence-electron chi connectivity index (χ4n) is 3.78. The van der Waals surface area contributed by atoms with E-state index in [2.05, 4.69) is 20.6 Å². The van der Waals surface area contributed by atoms with Crippen molar-refractivity contribution in [2.24, 2.45) is 5.92 Å². The molecule has 1 aliphatic heterocycles. The minimum atomic E-state index is 0.0695. The van der Waals surface area contributed by atoms with Gasteiger partial charge in [0, 0.05) is 12.5 Å². The molecule has 0 bridgehead atoms. The molecule has 3 unspecified atom stereocenters. The van der Waals surface area contributed by atoms with E-state index in [0.717, 1.165) is 42.5 Å². The van der Waals surface area contributed by atoms with Gasteiger partial charge in [-0.05, 0) is 31.4 Å². The van der Waals surface area contributed by atoms with E-state index in [-0.39, 0.29) is 18.0 Å². The second kappa shape index (κ2) is 5.72. The number of fused-ring (bicyclic) bond motifs is 2. The Morgan fingerprint density at radius 2 is 2.05 bits per heavy atom. The lowest BCUT2D eigenvalue weighted by molar-refractivity contribution is -0.130. The van der Waals surface area contributed by atoms with E-state index in [9.17, 15) is 4.79 Å². The Balaban J connectivity index is 1.40. The van der Waals surface area contributed by atoms with Crippen LogP contribution in [0.2, 0.25) is 0 Å². The number of hydrogen-bond donors (Lipinski definition) is 3. The number of hydrogen-bond acceptors (Lipinski definition) is 3. The number of carbonyl (C=O) groups is 1. The highest BCUT2D eigenvalue weighted by Gasteiger charge is 2.36. The van der Waals surface area contributed by atoms with Gasteiger partial charge in [-0.25, -0.2) is 4.98 Å². The second-order valence-corrected chi connectivity index (χ2v) is 6.46. The molecule has 0 radical (unpaired) electrons. The molecule has 4 rings (SSSR count). The summed E-state index contributed by atoms with van der Waals surface area (Å²) in [7, 11) is 0. The van der Waals surface area contributed by atoms with Crippen molar-refractivity contribution >= 4 is 16.9 Å². The first-order valence-corrected chi connectivity index (χ1v) is 8.30. The number of benzene rings is 1. The molecule has 3 atom stereocenters. The highest BCUT2D eigenvalue weighted by molar-refractivity contribution is 5.80. The molecule has 2 aromatic rings. The summed E-state index contributed by atoms with van der Waals surface area (Å²) in [5, 5.41) is 6.74. The van der Waals surface area contributed by atoms with E-state index in [0.29, 0.717) is 6.04 Å². The first-order chi connectivity index (χ1) is 10.8. The summed E-state index contributed by atoms with van der Waals surface area (Å²) < 4.78 is 0. The molecule has 116 valence electrons. The lowest BCUT2D eigenvalue weighted by Crippen LogP contribution is -2.62. The van der Waals surface area contributed by atoms with Crippen LogP contribution in [0, 0.1) is 5.92 Å². The normalized spacial score (nSPS) is 28.4. The number of imidazole rings is 1. The number of rotatable bonds is 3. The summed E-state index contributed by atoms with van der Waals surface area (Å²) in [5.41, 5.74) is 2.08. The average molecular weight is 298 g/mol. The Kier molecular flexibility index (Phi) is 3.58. The molecular formula is C17H22N4O. The van der Waals surface area contributed by atoms with Crippen LogP contribution in [0.5, 0.6) is 0 Å². The fraction of sp³-hybridized carbons (Fsp3) is 0.529. The van der Waals surface area contributed by atoms with Gasteiger partial charge in [-0.1, -0.05) is 25.0 Å². The molecule has 1 amide bonds. The average Bonchev–Trinajstić information content (AvgIpc) is 2.96. The fourth-order valence-corrected chi connectivity index (χ4v) is 3.78. The van der Waals surface area contributed by atoms with E-state index >= 15 is 0 Å². The number of aromatic nitrogens is 2. The quantitative estimate of drug-likeness (QED) is 0.813. The van der Waals surface area contributed by atoms with Gasteiger partial charge < -0.3 is 10.3 Å². The summed E-state index contributed by atoms with van der Waals surface area (Å²) in [5.74, 6) is 1.40. The molecule has 5 heteroatoms. The number of amides is 1. The standard InChI is InChI=1S/C17H22N4O/c22-17-11-5-1-2-6-12(11)18-16(21-17)10-9-15-19-13-7-3-4-8-14(13)20-15/h3-4,7-8,11-12,16,18H,1-2,5-6,9-10H2,(H,19,20)(H,21,22). The number of para-hydroxylation sites is 2. The number of aromatic amines is 1. The minimum absolute atomic E-state index is 0.0695. The largest absolute Gasteiger partial charge is 0.342 e. The highest BCUT2D eigenvalue weighted by Crippen LogP contribution is 2.27. The number of aryl methyl sites for hydroxylation is 1. The topological polar surface area (TPSA) is 69.8 Å². The van der Waals surface area contributed by atoms with E-state index < -0.39 is 0 Å². The van der Waals surface area contributed by atoms with Crippen LogP contribution in [-0.2, 0) is 11.2 Å². The summed E-state index contributed by atoms with van der Waals surface area (Å²) in [4.78, 5) is 20.2. The van der Waals surface area contributed by atoms with Crippen LogP contribution in [0.15, 0.2) is 24.3 Å².